The molecule has 0 spiro atoms. The molecule has 2 fully saturated rings. The summed E-state index contributed by atoms with van der Waals surface area (Å²) in [4.78, 5) is 28.8. The molecule has 2 amide bonds. The maximum Gasteiger partial charge on any atom is 0.228 e. The predicted octanol–water partition coefficient (Wildman–Crippen LogP) is 2.29. The molecule has 2 aromatic heterocycles. The van der Waals surface area contributed by atoms with Crippen LogP contribution >= 0.6 is 0 Å². The summed E-state index contributed by atoms with van der Waals surface area (Å²) in [7, 11) is 0. The molecule has 0 aromatic carbocycles. The molecule has 0 N–H and O–H groups in total. The van der Waals surface area contributed by atoms with Crippen LogP contribution in [0, 0.1) is 12.8 Å². The lowest BCUT2D eigenvalue weighted by atomic mass is 10.1. The van der Waals surface area contributed by atoms with Crippen molar-refractivity contribution in [2.24, 2.45) is 5.92 Å². The van der Waals surface area contributed by atoms with Crippen LogP contribution in [-0.2, 0) is 16.1 Å². The van der Waals surface area contributed by atoms with Crippen LogP contribution in [0.15, 0.2) is 33.4 Å². The van der Waals surface area contributed by atoms with Crippen molar-refractivity contribution in [2.45, 2.75) is 38.8 Å². The molecule has 25 heavy (non-hydrogen) atoms. The second-order valence-corrected chi connectivity index (χ2v) is 6.81. The first-order valence-corrected chi connectivity index (χ1v) is 8.65. The Labute approximate surface area is 145 Å². The maximum atomic E-state index is 13.0. The molecule has 2 aromatic rings. The number of hydrogen-bond donors (Lipinski definition) is 0. The van der Waals surface area contributed by atoms with Gasteiger partial charge in [-0.05, 0) is 31.9 Å². The second kappa shape index (κ2) is 6.38. The van der Waals surface area contributed by atoms with Gasteiger partial charge in [-0.3, -0.25) is 9.59 Å². The number of amides is 2. The van der Waals surface area contributed by atoms with Crippen LogP contribution in [0.4, 0.5) is 0 Å². The van der Waals surface area contributed by atoms with Gasteiger partial charge in [-0.15, -0.1) is 0 Å². The Kier molecular flexibility index (Phi) is 4.07. The van der Waals surface area contributed by atoms with E-state index in [4.69, 9.17) is 8.94 Å². The third-order valence-corrected chi connectivity index (χ3v) is 5.00. The highest BCUT2D eigenvalue weighted by molar-refractivity contribution is 5.89. The van der Waals surface area contributed by atoms with E-state index in [-0.39, 0.29) is 30.2 Å². The first-order valence-electron chi connectivity index (χ1n) is 8.65. The number of nitrogens with zero attached hydrogens (tertiary/aromatic N) is 3. The first kappa shape index (κ1) is 15.9. The number of aryl methyl sites for hydroxylation is 1. The van der Waals surface area contributed by atoms with Crippen molar-refractivity contribution in [1.82, 2.24) is 15.0 Å². The van der Waals surface area contributed by atoms with Crippen LogP contribution in [-0.4, -0.2) is 39.9 Å². The van der Waals surface area contributed by atoms with Crippen LogP contribution in [0.5, 0.6) is 0 Å². The number of furan rings is 1. The molecule has 7 nitrogen and oxygen atoms in total. The van der Waals surface area contributed by atoms with Crippen LogP contribution in [0.2, 0.25) is 0 Å². The number of carbonyl (C=O) groups is 2. The van der Waals surface area contributed by atoms with Gasteiger partial charge >= 0.3 is 0 Å². The van der Waals surface area contributed by atoms with Crippen molar-refractivity contribution >= 4 is 11.8 Å². The average molecular weight is 343 g/mol. The SMILES string of the molecule is Cc1cc([C@H]2CCCN2C(=O)[C@H]2CC(=O)N(Cc3ccco3)C2)on1. The standard InChI is InChI=1S/C18H21N3O4/c1-12-8-16(25-19-12)15-5-2-6-21(15)18(23)13-9-17(22)20(10-13)11-14-4-3-7-24-14/h3-4,7-8,13,15H,2,5-6,9-11H2,1H3/t13-,15+/m0/s1. The number of aromatic nitrogens is 1. The van der Waals surface area contributed by atoms with E-state index in [2.05, 4.69) is 5.16 Å². The molecule has 0 bridgehead atoms. The Hall–Kier alpha value is -2.57. The summed E-state index contributed by atoms with van der Waals surface area (Å²) in [5.74, 6) is 1.21. The monoisotopic (exact) mass is 343 g/mol. The summed E-state index contributed by atoms with van der Waals surface area (Å²) in [6.45, 7) is 3.43. The largest absolute Gasteiger partial charge is 0.467 e. The van der Waals surface area contributed by atoms with E-state index in [0.717, 1.165) is 30.1 Å². The molecule has 0 unspecified atom stereocenters. The topological polar surface area (TPSA) is 79.8 Å². The van der Waals surface area contributed by atoms with E-state index in [0.29, 0.717) is 19.6 Å². The van der Waals surface area contributed by atoms with E-state index >= 15 is 0 Å². The molecule has 0 saturated carbocycles. The van der Waals surface area contributed by atoms with E-state index < -0.39 is 0 Å². The molecule has 0 aliphatic carbocycles. The number of rotatable bonds is 4. The lowest BCUT2D eigenvalue weighted by Gasteiger charge is -2.25. The number of likely N-dealkylation sites (tertiary alicyclic amines) is 2. The minimum Gasteiger partial charge on any atom is -0.467 e. The Bertz CT molecular complexity index is 767. The minimum absolute atomic E-state index is 0.000932. The van der Waals surface area contributed by atoms with Crippen molar-refractivity contribution in [2.75, 3.05) is 13.1 Å². The van der Waals surface area contributed by atoms with Gasteiger partial charge in [0.15, 0.2) is 5.76 Å². The van der Waals surface area contributed by atoms with Gasteiger partial charge < -0.3 is 18.7 Å². The van der Waals surface area contributed by atoms with Crippen LogP contribution in [0.1, 0.15) is 42.5 Å². The molecular formula is C18H21N3O4. The molecule has 132 valence electrons. The van der Waals surface area contributed by atoms with Gasteiger partial charge in [0.1, 0.15) is 5.76 Å². The maximum absolute atomic E-state index is 13.0. The van der Waals surface area contributed by atoms with Gasteiger partial charge in [0.2, 0.25) is 11.8 Å². The van der Waals surface area contributed by atoms with Gasteiger partial charge in [-0.25, -0.2) is 0 Å². The predicted molar refractivity (Wildman–Crippen MR) is 87.2 cm³/mol. The average Bonchev–Trinajstić information content (AvgIpc) is 3.35. The summed E-state index contributed by atoms with van der Waals surface area (Å²) in [6, 6.07) is 5.46. The summed E-state index contributed by atoms with van der Waals surface area (Å²) >= 11 is 0. The number of hydrogen-bond acceptors (Lipinski definition) is 5. The lowest BCUT2D eigenvalue weighted by Crippen LogP contribution is -2.37. The van der Waals surface area contributed by atoms with E-state index in [1.165, 1.54) is 0 Å². The van der Waals surface area contributed by atoms with E-state index in [1.807, 2.05) is 24.0 Å². The highest BCUT2D eigenvalue weighted by Crippen LogP contribution is 2.35. The Morgan fingerprint density at radius 1 is 1.44 bits per heavy atom. The fraction of sp³-hybridized carbons (Fsp3) is 0.500. The number of carbonyl (C=O) groups excluding carboxylic acids is 2. The van der Waals surface area contributed by atoms with Crippen molar-refractivity contribution in [3.63, 3.8) is 0 Å². The van der Waals surface area contributed by atoms with Crippen LogP contribution in [0.3, 0.4) is 0 Å². The highest BCUT2D eigenvalue weighted by Gasteiger charge is 2.41. The van der Waals surface area contributed by atoms with Crippen molar-refractivity contribution in [3.05, 3.63) is 41.7 Å². The van der Waals surface area contributed by atoms with Crippen molar-refractivity contribution in [3.8, 4) is 0 Å². The summed E-state index contributed by atoms with van der Waals surface area (Å²) in [6.07, 6.45) is 3.66. The van der Waals surface area contributed by atoms with E-state index in [9.17, 15) is 9.59 Å². The fourth-order valence-corrected chi connectivity index (χ4v) is 3.78. The summed E-state index contributed by atoms with van der Waals surface area (Å²) in [5.41, 5.74) is 0.815. The van der Waals surface area contributed by atoms with Gasteiger partial charge in [0, 0.05) is 25.6 Å². The Balaban J connectivity index is 1.44. The zero-order valence-corrected chi connectivity index (χ0v) is 14.2. The molecule has 2 saturated heterocycles. The van der Waals surface area contributed by atoms with Crippen molar-refractivity contribution < 1.29 is 18.5 Å². The normalized spacial score (nSPS) is 23.6. The minimum atomic E-state index is -0.299. The van der Waals surface area contributed by atoms with Crippen LogP contribution in [0.25, 0.3) is 0 Å². The summed E-state index contributed by atoms with van der Waals surface area (Å²) < 4.78 is 10.7. The smallest absolute Gasteiger partial charge is 0.228 e. The molecule has 7 heteroatoms. The molecule has 4 rings (SSSR count). The molecule has 2 aliphatic heterocycles. The van der Waals surface area contributed by atoms with Crippen molar-refractivity contribution in [1.29, 1.82) is 0 Å². The Morgan fingerprint density at radius 2 is 2.32 bits per heavy atom. The zero-order valence-electron chi connectivity index (χ0n) is 14.2. The molecule has 2 atom stereocenters. The molecule has 4 heterocycles. The van der Waals surface area contributed by atoms with E-state index in [1.54, 1.807) is 17.2 Å². The first-order chi connectivity index (χ1) is 12.1. The quantitative estimate of drug-likeness (QED) is 0.851. The van der Waals surface area contributed by atoms with Gasteiger partial charge in [0.05, 0.1) is 30.5 Å². The molecule has 2 aliphatic rings. The lowest BCUT2D eigenvalue weighted by molar-refractivity contribution is -0.137. The zero-order chi connectivity index (χ0) is 17.4. The molecule has 0 radical (unpaired) electrons. The summed E-state index contributed by atoms with van der Waals surface area (Å²) in [5, 5.41) is 3.93. The fourth-order valence-electron chi connectivity index (χ4n) is 3.78. The second-order valence-electron chi connectivity index (χ2n) is 6.81. The van der Waals surface area contributed by atoms with Gasteiger partial charge in [0.25, 0.3) is 0 Å². The third-order valence-electron chi connectivity index (χ3n) is 5.00. The van der Waals surface area contributed by atoms with Gasteiger partial charge in [-0.2, -0.15) is 0 Å². The van der Waals surface area contributed by atoms with Crippen LogP contribution < -0.4 is 0 Å². The third kappa shape index (κ3) is 3.06. The van der Waals surface area contributed by atoms with Gasteiger partial charge in [-0.1, -0.05) is 5.16 Å². The Morgan fingerprint density at radius 3 is 3.04 bits per heavy atom. The molecular weight excluding hydrogens is 322 g/mol. The highest BCUT2D eigenvalue weighted by atomic mass is 16.5.